The maximum Gasteiger partial charge on any atom is 0.417 e. The van der Waals surface area contributed by atoms with Crippen LogP contribution in [-0.2, 0) is 10.9 Å². The molecule has 21 heavy (non-hydrogen) atoms. The summed E-state index contributed by atoms with van der Waals surface area (Å²) >= 11 is 0. The smallest absolute Gasteiger partial charge is 0.385 e. The molecular weight excluding hydrogens is 281 g/mol. The van der Waals surface area contributed by atoms with E-state index in [-0.39, 0.29) is 5.56 Å². The maximum atomic E-state index is 12.8. The fourth-order valence-electron chi connectivity index (χ4n) is 2.15. The van der Waals surface area contributed by atoms with Gasteiger partial charge >= 0.3 is 6.18 Å². The van der Waals surface area contributed by atoms with Crippen molar-refractivity contribution in [1.82, 2.24) is 0 Å². The molecule has 2 rings (SSSR count). The van der Waals surface area contributed by atoms with Crippen molar-refractivity contribution in [2.45, 2.75) is 19.0 Å². The Kier molecular flexibility index (Phi) is 4.86. The van der Waals surface area contributed by atoms with E-state index >= 15 is 0 Å². The van der Waals surface area contributed by atoms with Crippen LogP contribution in [0.1, 0.15) is 24.0 Å². The van der Waals surface area contributed by atoms with Crippen LogP contribution in [-0.4, -0.2) is 19.8 Å². The minimum absolute atomic E-state index is 0.361. The highest BCUT2D eigenvalue weighted by molar-refractivity contribution is 5.53. The van der Waals surface area contributed by atoms with Crippen LogP contribution in [0.15, 0.2) is 29.8 Å². The van der Waals surface area contributed by atoms with E-state index < -0.39 is 11.7 Å². The lowest BCUT2D eigenvalue weighted by molar-refractivity contribution is -0.137. The van der Waals surface area contributed by atoms with Gasteiger partial charge in [0.2, 0.25) is 0 Å². The highest BCUT2D eigenvalue weighted by atomic mass is 19.4. The number of alkyl halides is 3. The third-order valence-electron chi connectivity index (χ3n) is 3.28. The van der Waals surface area contributed by atoms with Crippen LogP contribution >= 0.6 is 0 Å². The quantitative estimate of drug-likeness (QED) is 0.861. The van der Waals surface area contributed by atoms with Crippen LogP contribution in [0, 0.1) is 11.3 Å². The first kappa shape index (κ1) is 15.4. The topological polar surface area (TPSA) is 45.0 Å². The summed E-state index contributed by atoms with van der Waals surface area (Å²) in [6.45, 7) is 1.85. The molecule has 1 aromatic carbocycles. The highest BCUT2D eigenvalue weighted by Crippen LogP contribution is 2.33. The number of rotatable bonds is 4. The molecule has 0 amide bonds. The van der Waals surface area contributed by atoms with Crippen LogP contribution in [0.5, 0.6) is 0 Å². The van der Waals surface area contributed by atoms with Gasteiger partial charge in [0.1, 0.15) is 0 Å². The van der Waals surface area contributed by atoms with Gasteiger partial charge in [-0.3, -0.25) is 0 Å². The molecule has 0 fully saturated rings. The van der Waals surface area contributed by atoms with Gasteiger partial charge in [-0.25, -0.2) is 0 Å². The third kappa shape index (κ3) is 4.23. The zero-order chi connectivity index (χ0) is 15.3. The van der Waals surface area contributed by atoms with Crippen LogP contribution in [0.2, 0.25) is 0 Å². The van der Waals surface area contributed by atoms with Gasteiger partial charge in [0.25, 0.3) is 0 Å². The van der Waals surface area contributed by atoms with Gasteiger partial charge in [0.15, 0.2) is 0 Å². The summed E-state index contributed by atoms with van der Waals surface area (Å²) in [7, 11) is 0. The fraction of sp³-hybridized carbons (Fsp3) is 0.400. The van der Waals surface area contributed by atoms with E-state index in [2.05, 4.69) is 5.32 Å². The highest BCUT2D eigenvalue weighted by Gasteiger charge is 2.33. The average Bonchev–Trinajstić information content (AvgIpc) is 2.47. The van der Waals surface area contributed by atoms with Gasteiger partial charge in [0.05, 0.1) is 30.4 Å². The Labute approximate surface area is 121 Å². The first-order valence-corrected chi connectivity index (χ1v) is 6.61. The molecule has 6 heteroatoms. The Morgan fingerprint density at radius 2 is 2.14 bits per heavy atom. The second kappa shape index (κ2) is 6.64. The first-order chi connectivity index (χ1) is 10.0. The predicted octanol–water partition coefficient (Wildman–Crippen LogP) is 3.73. The number of hydrogen-bond acceptors (Lipinski definition) is 3. The van der Waals surface area contributed by atoms with Crippen LogP contribution in [0.4, 0.5) is 18.9 Å². The van der Waals surface area contributed by atoms with E-state index in [0.717, 1.165) is 18.9 Å². The van der Waals surface area contributed by atoms with Crippen molar-refractivity contribution >= 4 is 5.69 Å². The molecule has 0 atom stereocenters. The SMILES string of the molecule is N#Cc1ccc(NCCC2=CCOCC2)cc1C(F)(F)F. The number of nitrogens with zero attached hydrogens (tertiary/aromatic N) is 1. The van der Waals surface area contributed by atoms with E-state index in [9.17, 15) is 13.2 Å². The zero-order valence-electron chi connectivity index (χ0n) is 11.3. The Morgan fingerprint density at radius 1 is 1.33 bits per heavy atom. The van der Waals surface area contributed by atoms with Gasteiger partial charge in [-0.1, -0.05) is 11.6 Å². The van der Waals surface area contributed by atoms with Crippen molar-refractivity contribution in [1.29, 1.82) is 5.26 Å². The fourth-order valence-corrected chi connectivity index (χ4v) is 2.15. The minimum atomic E-state index is -4.52. The summed E-state index contributed by atoms with van der Waals surface area (Å²) in [6.07, 6.45) is -0.884. The van der Waals surface area contributed by atoms with Crippen molar-refractivity contribution in [3.05, 3.63) is 41.0 Å². The number of hydrogen-bond donors (Lipinski definition) is 1. The second-order valence-corrected chi connectivity index (χ2v) is 4.73. The van der Waals surface area contributed by atoms with E-state index in [1.54, 1.807) is 6.07 Å². The van der Waals surface area contributed by atoms with Crippen molar-refractivity contribution in [3.63, 3.8) is 0 Å². The van der Waals surface area contributed by atoms with E-state index in [4.69, 9.17) is 10.00 Å². The lowest BCUT2D eigenvalue weighted by Crippen LogP contribution is -2.11. The average molecular weight is 296 g/mol. The molecule has 3 nitrogen and oxygen atoms in total. The van der Waals surface area contributed by atoms with Crippen LogP contribution in [0.3, 0.4) is 0 Å². The number of anilines is 1. The molecule has 1 heterocycles. The third-order valence-corrected chi connectivity index (χ3v) is 3.28. The summed E-state index contributed by atoms with van der Waals surface area (Å²) in [4.78, 5) is 0. The molecule has 0 aromatic heterocycles. The van der Waals surface area contributed by atoms with E-state index in [1.165, 1.54) is 17.7 Å². The summed E-state index contributed by atoms with van der Waals surface area (Å²) in [5, 5.41) is 11.7. The van der Waals surface area contributed by atoms with E-state index in [1.807, 2.05) is 6.08 Å². The maximum absolute atomic E-state index is 12.8. The number of nitrogens with one attached hydrogen (secondary N) is 1. The molecule has 1 aliphatic rings. The van der Waals surface area contributed by atoms with Crippen molar-refractivity contribution < 1.29 is 17.9 Å². The zero-order valence-corrected chi connectivity index (χ0v) is 11.3. The molecule has 1 aromatic rings. The Hall–Kier alpha value is -2.00. The lowest BCUT2D eigenvalue weighted by Gasteiger charge is -2.15. The molecule has 0 saturated heterocycles. The number of nitriles is 1. The van der Waals surface area contributed by atoms with E-state index in [0.29, 0.717) is 25.4 Å². The standard InChI is InChI=1S/C15H15F3N2O/c16-15(17,18)14-9-13(2-1-12(14)10-19)20-6-3-11-4-7-21-8-5-11/h1-2,4,9,20H,3,5-8H2. The number of ether oxygens (including phenoxy) is 1. The normalized spacial score (nSPS) is 15.2. The van der Waals surface area contributed by atoms with Crippen LogP contribution < -0.4 is 5.32 Å². The number of halogens is 3. The summed E-state index contributed by atoms with van der Waals surface area (Å²) in [5.41, 5.74) is 0.355. The molecule has 1 aliphatic heterocycles. The van der Waals surface area contributed by atoms with Crippen molar-refractivity contribution in [2.75, 3.05) is 25.1 Å². The lowest BCUT2D eigenvalue weighted by atomic mass is 10.1. The molecule has 0 aliphatic carbocycles. The molecule has 1 N–H and O–H groups in total. The largest absolute Gasteiger partial charge is 0.417 e. The van der Waals surface area contributed by atoms with Crippen molar-refractivity contribution in [3.8, 4) is 6.07 Å². The Bertz CT molecular complexity index is 573. The number of benzene rings is 1. The molecule has 112 valence electrons. The monoisotopic (exact) mass is 296 g/mol. The molecular formula is C15H15F3N2O. The van der Waals surface area contributed by atoms with Gasteiger partial charge < -0.3 is 10.1 Å². The summed E-state index contributed by atoms with van der Waals surface area (Å²) < 4.78 is 43.7. The second-order valence-electron chi connectivity index (χ2n) is 4.73. The molecule has 0 spiro atoms. The summed E-state index contributed by atoms with van der Waals surface area (Å²) in [5.74, 6) is 0. The van der Waals surface area contributed by atoms with Gasteiger partial charge in [0, 0.05) is 12.2 Å². The Balaban J connectivity index is 2.01. The van der Waals surface area contributed by atoms with Gasteiger partial charge in [-0.15, -0.1) is 0 Å². The minimum Gasteiger partial charge on any atom is -0.385 e. The predicted molar refractivity (Wildman–Crippen MR) is 72.8 cm³/mol. The Morgan fingerprint density at radius 3 is 2.76 bits per heavy atom. The van der Waals surface area contributed by atoms with Crippen LogP contribution in [0.25, 0.3) is 0 Å². The van der Waals surface area contributed by atoms with Gasteiger partial charge in [-0.2, -0.15) is 18.4 Å². The molecule has 0 radical (unpaired) electrons. The molecule has 0 bridgehead atoms. The first-order valence-electron chi connectivity index (χ1n) is 6.61. The molecule has 0 saturated carbocycles. The van der Waals surface area contributed by atoms with Crippen molar-refractivity contribution in [2.24, 2.45) is 0 Å². The van der Waals surface area contributed by atoms with Gasteiger partial charge in [-0.05, 0) is 31.0 Å². The molecule has 0 unspecified atom stereocenters. The summed E-state index contributed by atoms with van der Waals surface area (Å²) in [6, 6.07) is 5.23.